The molecule has 0 radical (unpaired) electrons. The van der Waals surface area contributed by atoms with E-state index in [0.29, 0.717) is 34.8 Å². The highest BCUT2D eigenvalue weighted by atomic mass is 32.2. The standard InChI is InChI=1S/C20H20N2O4S/c1-26-20(23)17-9-5-3-8-16(17)14-22-12-11-21-19(22)13-15-7-4-6-10-18(15)27(2,24)25/h3-12H,13-14H2,1-2H3. The fourth-order valence-corrected chi connectivity index (χ4v) is 3.93. The van der Waals surface area contributed by atoms with Crippen LogP contribution in [0.4, 0.5) is 0 Å². The molecule has 3 aromatic rings. The molecule has 0 fully saturated rings. The van der Waals surface area contributed by atoms with Crippen molar-refractivity contribution in [2.24, 2.45) is 0 Å². The highest BCUT2D eigenvalue weighted by Gasteiger charge is 2.16. The van der Waals surface area contributed by atoms with E-state index in [1.807, 2.05) is 29.0 Å². The van der Waals surface area contributed by atoms with E-state index in [1.54, 1.807) is 36.5 Å². The Bertz CT molecular complexity index is 1070. The van der Waals surface area contributed by atoms with Crippen LogP contribution >= 0.6 is 0 Å². The Morgan fingerprint density at radius 3 is 2.44 bits per heavy atom. The van der Waals surface area contributed by atoms with Gasteiger partial charge in [-0.1, -0.05) is 36.4 Å². The van der Waals surface area contributed by atoms with Gasteiger partial charge in [0.15, 0.2) is 9.84 Å². The molecule has 1 aromatic heterocycles. The van der Waals surface area contributed by atoms with Crippen LogP contribution in [0, 0.1) is 0 Å². The minimum atomic E-state index is -3.33. The average molecular weight is 384 g/mol. The van der Waals surface area contributed by atoms with Crippen LogP contribution in [0.3, 0.4) is 0 Å². The zero-order chi connectivity index (χ0) is 19.4. The van der Waals surface area contributed by atoms with E-state index in [1.165, 1.54) is 13.4 Å². The average Bonchev–Trinajstić information content (AvgIpc) is 3.08. The molecule has 0 saturated heterocycles. The Morgan fingerprint density at radius 2 is 1.74 bits per heavy atom. The molecular formula is C20H20N2O4S. The fourth-order valence-electron chi connectivity index (χ4n) is 2.98. The minimum absolute atomic E-state index is 0.300. The van der Waals surface area contributed by atoms with Crippen LogP contribution in [0.1, 0.15) is 27.3 Å². The molecule has 2 aromatic carbocycles. The first-order chi connectivity index (χ1) is 12.9. The molecule has 1 heterocycles. The highest BCUT2D eigenvalue weighted by Crippen LogP contribution is 2.20. The molecule has 0 bridgehead atoms. The number of hydrogen-bond donors (Lipinski definition) is 0. The van der Waals surface area contributed by atoms with Gasteiger partial charge in [0.2, 0.25) is 0 Å². The smallest absolute Gasteiger partial charge is 0.338 e. The number of hydrogen-bond acceptors (Lipinski definition) is 5. The molecule has 0 N–H and O–H groups in total. The molecule has 0 spiro atoms. The number of benzene rings is 2. The van der Waals surface area contributed by atoms with Crippen LogP contribution in [0.5, 0.6) is 0 Å². The molecule has 140 valence electrons. The first-order valence-corrected chi connectivity index (χ1v) is 10.2. The van der Waals surface area contributed by atoms with Gasteiger partial charge in [0.1, 0.15) is 5.82 Å². The second-order valence-corrected chi connectivity index (χ2v) is 8.16. The Morgan fingerprint density at radius 1 is 1.07 bits per heavy atom. The zero-order valence-electron chi connectivity index (χ0n) is 15.1. The van der Waals surface area contributed by atoms with E-state index >= 15 is 0 Å². The molecule has 0 atom stereocenters. The van der Waals surface area contributed by atoms with Crippen molar-refractivity contribution in [3.05, 3.63) is 83.4 Å². The lowest BCUT2D eigenvalue weighted by Gasteiger charge is -2.12. The molecule has 0 aliphatic carbocycles. The minimum Gasteiger partial charge on any atom is -0.465 e. The van der Waals surface area contributed by atoms with Crippen LogP contribution < -0.4 is 0 Å². The van der Waals surface area contributed by atoms with E-state index in [9.17, 15) is 13.2 Å². The monoisotopic (exact) mass is 384 g/mol. The number of carbonyl (C=O) groups is 1. The third kappa shape index (κ3) is 4.25. The lowest BCUT2D eigenvalue weighted by molar-refractivity contribution is 0.0599. The second-order valence-electron chi connectivity index (χ2n) is 6.18. The molecule has 0 saturated carbocycles. The van der Waals surface area contributed by atoms with Crippen molar-refractivity contribution in [3.63, 3.8) is 0 Å². The normalized spacial score (nSPS) is 11.3. The van der Waals surface area contributed by atoms with Crippen molar-refractivity contribution in [2.45, 2.75) is 17.9 Å². The third-order valence-corrected chi connectivity index (χ3v) is 5.48. The van der Waals surface area contributed by atoms with Crippen molar-refractivity contribution in [2.75, 3.05) is 13.4 Å². The Labute approximate surface area is 158 Å². The SMILES string of the molecule is COC(=O)c1ccccc1Cn1ccnc1Cc1ccccc1S(C)(=O)=O. The molecular weight excluding hydrogens is 364 g/mol. The predicted octanol–water partition coefficient (Wildman–Crippen LogP) is 2.71. The fraction of sp³-hybridized carbons (Fsp3) is 0.200. The van der Waals surface area contributed by atoms with Gasteiger partial charge in [-0.05, 0) is 23.3 Å². The topological polar surface area (TPSA) is 78.3 Å². The van der Waals surface area contributed by atoms with Gasteiger partial charge in [-0.15, -0.1) is 0 Å². The van der Waals surface area contributed by atoms with E-state index in [-0.39, 0.29) is 0 Å². The van der Waals surface area contributed by atoms with Crippen LogP contribution in [-0.2, 0) is 27.5 Å². The zero-order valence-corrected chi connectivity index (χ0v) is 15.9. The predicted molar refractivity (Wildman–Crippen MR) is 101 cm³/mol. The molecule has 27 heavy (non-hydrogen) atoms. The van der Waals surface area contributed by atoms with Gasteiger partial charge in [0.25, 0.3) is 0 Å². The summed E-state index contributed by atoms with van der Waals surface area (Å²) in [4.78, 5) is 16.7. The Hall–Kier alpha value is -2.93. The first-order valence-electron chi connectivity index (χ1n) is 8.34. The summed E-state index contributed by atoms with van der Waals surface area (Å²) in [7, 11) is -1.98. The summed E-state index contributed by atoms with van der Waals surface area (Å²) in [6.45, 7) is 0.432. The maximum Gasteiger partial charge on any atom is 0.338 e. The number of carbonyl (C=O) groups excluding carboxylic acids is 1. The lowest BCUT2D eigenvalue weighted by Crippen LogP contribution is -2.11. The summed E-state index contributed by atoms with van der Waals surface area (Å²) in [5, 5.41) is 0. The van der Waals surface area contributed by atoms with Crippen molar-refractivity contribution < 1.29 is 17.9 Å². The number of nitrogens with zero attached hydrogens (tertiary/aromatic N) is 2. The Kier molecular flexibility index (Phi) is 5.41. The number of methoxy groups -OCH3 is 1. The quantitative estimate of drug-likeness (QED) is 0.611. The van der Waals surface area contributed by atoms with Gasteiger partial charge in [-0.2, -0.15) is 0 Å². The molecule has 0 unspecified atom stereocenters. The number of rotatable bonds is 6. The van der Waals surface area contributed by atoms with Gasteiger partial charge in [-0.25, -0.2) is 18.2 Å². The first kappa shape index (κ1) is 18.8. The van der Waals surface area contributed by atoms with E-state index in [0.717, 1.165) is 5.56 Å². The van der Waals surface area contributed by atoms with Gasteiger partial charge >= 0.3 is 5.97 Å². The largest absolute Gasteiger partial charge is 0.465 e. The van der Waals surface area contributed by atoms with E-state index in [4.69, 9.17) is 4.74 Å². The van der Waals surface area contributed by atoms with Crippen LogP contribution in [0.25, 0.3) is 0 Å². The van der Waals surface area contributed by atoms with Crippen LogP contribution in [0.2, 0.25) is 0 Å². The maximum absolute atomic E-state index is 12.0. The van der Waals surface area contributed by atoms with Gasteiger partial charge < -0.3 is 9.30 Å². The maximum atomic E-state index is 12.0. The van der Waals surface area contributed by atoms with Gasteiger partial charge in [-0.3, -0.25) is 0 Å². The van der Waals surface area contributed by atoms with Crippen molar-refractivity contribution in [3.8, 4) is 0 Å². The van der Waals surface area contributed by atoms with E-state index < -0.39 is 15.8 Å². The van der Waals surface area contributed by atoms with Crippen molar-refractivity contribution in [1.29, 1.82) is 0 Å². The summed E-state index contributed by atoms with van der Waals surface area (Å²) in [6.07, 6.45) is 5.05. The number of sulfone groups is 1. The lowest BCUT2D eigenvalue weighted by atomic mass is 10.1. The third-order valence-electron chi connectivity index (χ3n) is 4.29. The summed E-state index contributed by atoms with van der Waals surface area (Å²) in [6, 6.07) is 14.1. The second kappa shape index (κ2) is 7.75. The van der Waals surface area contributed by atoms with Crippen molar-refractivity contribution >= 4 is 15.8 Å². The summed E-state index contributed by atoms with van der Waals surface area (Å²) in [5.74, 6) is 0.320. The van der Waals surface area contributed by atoms with Crippen molar-refractivity contribution in [1.82, 2.24) is 9.55 Å². The Balaban J connectivity index is 1.93. The number of esters is 1. The summed E-state index contributed by atoms with van der Waals surface area (Å²) >= 11 is 0. The summed E-state index contributed by atoms with van der Waals surface area (Å²) in [5.41, 5.74) is 1.99. The number of imidazole rings is 1. The summed E-state index contributed by atoms with van der Waals surface area (Å²) < 4.78 is 30.8. The molecule has 7 heteroatoms. The molecule has 3 rings (SSSR count). The molecule has 0 amide bonds. The van der Waals surface area contributed by atoms with E-state index in [2.05, 4.69) is 4.98 Å². The number of ether oxygens (including phenoxy) is 1. The van der Waals surface area contributed by atoms with Crippen LogP contribution in [-0.4, -0.2) is 37.3 Å². The highest BCUT2D eigenvalue weighted by molar-refractivity contribution is 7.90. The van der Waals surface area contributed by atoms with Gasteiger partial charge in [0.05, 0.1) is 17.6 Å². The van der Waals surface area contributed by atoms with Gasteiger partial charge in [0, 0.05) is 31.6 Å². The number of aromatic nitrogens is 2. The molecule has 6 nitrogen and oxygen atoms in total. The van der Waals surface area contributed by atoms with Crippen LogP contribution in [0.15, 0.2) is 65.8 Å². The molecule has 0 aliphatic rings. The molecule has 0 aliphatic heterocycles.